The van der Waals surface area contributed by atoms with Gasteiger partial charge in [0.05, 0.1) is 6.54 Å². The van der Waals surface area contributed by atoms with Crippen LogP contribution < -0.4 is 9.75 Å². The van der Waals surface area contributed by atoms with Gasteiger partial charge in [0.15, 0.2) is 21.0 Å². The van der Waals surface area contributed by atoms with E-state index >= 15 is 0 Å². The third-order valence-electron chi connectivity index (χ3n) is 5.20. The number of piperidine rings is 1. The summed E-state index contributed by atoms with van der Waals surface area (Å²) in [6.45, 7) is 6.92. The molecule has 1 amide bonds. The molecular formula is C21H28N6O5S. The molecule has 0 aromatic carbocycles. The number of imidazole rings is 1. The monoisotopic (exact) mass is 476 g/mol. The molecule has 2 aliphatic rings. The molecule has 0 saturated carbocycles. The number of amides is 1. The van der Waals surface area contributed by atoms with Crippen LogP contribution in [0.5, 0.6) is 5.88 Å². The van der Waals surface area contributed by atoms with Gasteiger partial charge >= 0.3 is 6.09 Å². The van der Waals surface area contributed by atoms with E-state index in [1.165, 1.54) is 12.7 Å². The maximum atomic E-state index is 12.3. The van der Waals surface area contributed by atoms with Crippen molar-refractivity contribution in [3.05, 3.63) is 35.9 Å². The molecule has 12 heteroatoms. The molecule has 2 aliphatic heterocycles. The van der Waals surface area contributed by atoms with Crippen molar-refractivity contribution in [2.45, 2.75) is 45.3 Å². The summed E-state index contributed by atoms with van der Waals surface area (Å²) in [4.78, 5) is 26.9. The van der Waals surface area contributed by atoms with Crippen LogP contribution in [0, 0.1) is 0 Å². The summed E-state index contributed by atoms with van der Waals surface area (Å²) >= 11 is 0. The van der Waals surface area contributed by atoms with Crippen LogP contribution in [0.3, 0.4) is 0 Å². The molecule has 0 bridgehead atoms. The molecule has 0 N–H and O–H groups in total. The lowest BCUT2D eigenvalue weighted by atomic mass is 10.1. The number of sulfone groups is 1. The Bertz CT molecular complexity index is 1210. The molecule has 0 spiro atoms. The Morgan fingerprint density at radius 1 is 1.15 bits per heavy atom. The number of nitrogens with zero attached hydrogens (tertiary/aromatic N) is 6. The standard InChI is InChI=1S/C21H28N6O5S/c1-21(2,3)32-20(28)25-11-8-15(9-12-25)31-19-17-18(22-13-23-19)27(14-24-17)26-10-6-5-7-16(26)33(4,29)30/h5-7,13-15H,8-12H2,1-4H3. The fourth-order valence-corrected chi connectivity index (χ4v) is 4.57. The van der Waals surface area contributed by atoms with Crippen molar-refractivity contribution in [3.63, 3.8) is 0 Å². The summed E-state index contributed by atoms with van der Waals surface area (Å²) in [6.07, 6.45) is 9.93. The van der Waals surface area contributed by atoms with Gasteiger partial charge in [0, 0.05) is 32.2 Å². The van der Waals surface area contributed by atoms with Crippen molar-refractivity contribution in [1.29, 1.82) is 0 Å². The number of fused-ring (bicyclic) bond motifs is 1. The summed E-state index contributed by atoms with van der Waals surface area (Å²) in [5.74, 6) is 0.326. The Hall–Kier alpha value is -3.15. The van der Waals surface area contributed by atoms with E-state index in [1.54, 1.807) is 26.7 Å². The predicted octanol–water partition coefficient (Wildman–Crippen LogP) is 2.00. The van der Waals surface area contributed by atoms with Crippen molar-refractivity contribution in [3.8, 4) is 5.88 Å². The zero-order chi connectivity index (χ0) is 23.8. The molecule has 2 aromatic rings. The number of likely N-dealkylation sites (tertiary alicyclic amines) is 1. The lowest BCUT2D eigenvalue weighted by Gasteiger charge is -2.33. The van der Waals surface area contributed by atoms with Crippen molar-refractivity contribution in [2.24, 2.45) is 0 Å². The second-order valence-electron chi connectivity index (χ2n) is 9.01. The number of aromatic nitrogens is 4. The molecule has 0 aliphatic carbocycles. The highest BCUT2D eigenvalue weighted by molar-refractivity contribution is 7.94. The minimum Gasteiger partial charge on any atom is -0.473 e. The first-order chi connectivity index (χ1) is 15.5. The Balaban J connectivity index is 1.49. The van der Waals surface area contributed by atoms with Crippen LogP contribution in [0.2, 0.25) is 0 Å². The number of rotatable bonds is 4. The maximum absolute atomic E-state index is 12.3. The average molecular weight is 477 g/mol. The maximum Gasteiger partial charge on any atom is 0.410 e. The van der Waals surface area contributed by atoms with Gasteiger partial charge in [0.1, 0.15) is 29.4 Å². The van der Waals surface area contributed by atoms with Crippen LogP contribution in [-0.4, -0.2) is 76.6 Å². The van der Waals surface area contributed by atoms with Gasteiger partial charge < -0.3 is 14.4 Å². The van der Waals surface area contributed by atoms with E-state index < -0.39 is 15.4 Å². The van der Waals surface area contributed by atoms with E-state index in [9.17, 15) is 13.2 Å². The number of allylic oxidation sites excluding steroid dienone is 2. The third kappa shape index (κ3) is 5.10. The van der Waals surface area contributed by atoms with Crippen LogP contribution in [0.15, 0.2) is 35.9 Å². The van der Waals surface area contributed by atoms with Gasteiger partial charge in [0.25, 0.3) is 0 Å². The minimum absolute atomic E-state index is 0.142. The summed E-state index contributed by atoms with van der Waals surface area (Å²) < 4.78 is 37.6. The molecule has 0 unspecified atom stereocenters. The zero-order valence-electron chi connectivity index (χ0n) is 19.1. The van der Waals surface area contributed by atoms with Gasteiger partial charge in [-0.2, -0.15) is 4.98 Å². The quantitative estimate of drug-likeness (QED) is 0.652. The van der Waals surface area contributed by atoms with Gasteiger partial charge in [-0.1, -0.05) is 12.2 Å². The highest BCUT2D eigenvalue weighted by atomic mass is 32.2. The minimum atomic E-state index is -3.46. The van der Waals surface area contributed by atoms with Gasteiger partial charge in [-0.15, -0.1) is 0 Å². The summed E-state index contributed by atoms with van der Waals surface area (Å²) in [7, 11) is -3.46. The van der Waals surface area contributed by atoms with Gasteiger partial charge in [-0.3, -0.25) is 5.01 Å². The first kappa shape index (κ1) is 23.0. The number of hydrogen-bond donors (Lipinski definition) is 0. The first-order valence-electron chi connectivity index (χ1n) is 10.7. The van der Waals surface area contributed by atoms with Crippen molar-refractivity contribution in [1.82, 2.24) is 24.5 Å². The van der Waals surface area contributed by atoms with Gasteiger partial charge in [0.2, 0.25) is 5.88 Å². The topological polar surface area (TPSA) is 120 Å². The highest BCUT2D eigenvalue weighted by Crippen LogP contribution is 2.26. The Morgan fingerprint density at radius 3 is 2.55 bits per heavy atom. The first-order valence-corrected chi connectivity index (χ1v) is 12.6. The smallest absolute Gasteiger partial charge is 0.410 e. The molecule has 2 aromatic heterocycles. The number of carbonyl (C=O) groups is 1. The molecule has 178 valence electrons. The van der Waals surface area contributed by atoms with Crippen LogP contribution in [0.4, 0.5) is 4.79 Å². The Kier molecular flexibility index (Phi) is 6.04. The van der Waals surface area contributed by atoms with E-state index in [0.29, 0.717) is 49.5 Å². The van der Waals surface area contributed by atoms with Crippen LogP contribution in [0.25, 0.3) is 11.2 Å². The van der Waals surface area contributed by atoms with Gasteiger partial charge in [-0.05, 0) is 26.8 Å². The van der Waals surface area contributed by atoms with Crippen LogP contribution >= 0.6 is 0 Å². The summed E-state index contributed by atoms with van der Waals surface area (Å²) in [6, 6.07) is 0. The predicted molar refractivity (Wildman–Crippen MR) is 122 cm³/mol. The number of hydrogen-bond acceptors (Lipinski definition) is 9. The molecule has 11 nitrogen and oxygen atoms in total. The molecule has 0 radical (unpaired) electrons. The normalized spacial score (nSPS) is 17.9. The molecular weight excluding hydrogens is 448 g/mol. The highest BCUT2D eigenvalue weighted by Gasteiger charge is 2.29. The fourth-order valence-electron chi connectivity index (χ4n) is 3.70. The van der Waals surface area contributed by atoms with E-state index in [1.807, 2.05) is 26.8 Å². The second kappa shape index (κ2) is 8.65. The Morgan fingerprint density at radius 2 is 1.88 bits per heavy atom. The second-order valence-corrected chi connectivity index (χ2v) is 11.0. The summed E-state index contributed by atoms with van der Waals surface area (Å²) in [5, 5.41) is 1.74. The van der Waals surface area contributed by atoms with E-state index in [0.717, 1.165) is 6.26 Å². The van der Waals surface area contributed by atoms with Crippen molar-refractivity contribution >= 4 is 27.1 Å². The third-order valence-corrected chi connectivity index (χ3v) is 6.31. The Labute approximate surface area is 192 Å². The van der Waals surface area contributed by atoms with Crippen molar-refractivity contribution < 1.29 is 22.7 Å². The lowest BCUT2D eigenvalue weighted by Crippen LogP contribution is -2.44. The fraction of sp³-hybridized carbons (Fsp3) is 0.524. The van der Waals surface area contributed by atoms with E-state index in [4.69, 9.17) is 9.47 Å². The number of carbonyl (C=O) groups excluding carboxylic acids is 1. The molecule has 1 fully saturated rings. The molecule has 1 saturated heterocycles. The molecule has 4 rings (SSSR count). The molecule has 0 atom stereocenters. The van der Waals surface area contributed by atoms with Crippen molar-refractivity contribution in [2.75, 3.05) is 30.9 Å². The largest absolute Gasteiger partial charge is 0.473 e. The summed E-state index contributed by atoms with van der Waals surface area (Å²) in [5.41, 5.74) is 0.345. The van der Waals surface area contributed by atoms with Crippen LogP contribution in [0.1, 0.15) is 33.6 Å². The van der Waals surface area contributed by atoms with Crippen LogP contribution in [-0.2, 0) is 14.6 Å². The zero-order valence-corrected chi connectivity index (χ0v) is 19.9. The average Bonchev–Trinajstić information content (AvgIpc) is 3.17. The van der Waals surface area contributed by atoms with E-state index in [-0.39, 0.29) is 17.2 Å². The SMILES string of the molecule is CC(C)(C)OC(=O)N1CCC(Oc2ncnc3c2ncn3N2CC=CC=C2S(C)(=O)=O)CC1. The van der Waals surface area contributed by atoms with E-state index in [2.05, 4.69) is 15.0 Å². The molecule has 33 heavy (non-hydrogen) atoms. The molecule has 4 heterocycles. The lowest BCUT2D eigenvalue weighted by molar-refractivity contribution is 0.0124. The number of ether oxygens (including phenoxy) is 2. The van der Waals surface area contributed by atoms with Gasteiger partial charge in [-0.25, -0.2) is 27.9 Å².